The summed E-state index contributed by atoms with van der Waals surface area (Å²) in [5, 5.41) is 11.4. The summed E-state index contributed by atoms with van der Waals surface area (Å²) >= 11 is 2.10. The highest BCUT2D eigenvalue weighted by Crippen LogP contribution is 2.19. The Morgan fingerprint density at radius 2 is 2.31 bits per heavy atom. The van der Waals surface area contributed by atoms with Crippen LogP contribution in [0.25, 0.3) is 0 Å². The Morgan fingerprint density at radius 1 is 1.62 bits per heavy atom. The van der Waals surface area contributed by atoms with Gasteiger partial charge in [-0.05, 0) is 40.8 Å². The van der Waals surface area contributed by atoms with E-state index in [-0.39, 0.29) is 6.73 Å². The Kier molecular flexibility index (Phi) is 3.49. The number of nitrogens with two attached hydrogens (primary N) is 1. The van der Waals surface area contributed by atoms with Gasteiger partial charge >= 0.3 is 0 Å². The number of amides is 1. The zero-order chi connectivity index (χ0) is 9.84. The van der Waals surface area contributed by atoms with Gasteiger partial charge in [0.05, 0.1) is 5.69 Å². The third kappa shape index (κ3) is 2.56. The number of benzene rings is 1. The van der Waals surface area contributed by atoms with E-state index >= 15 is 0 Å². The normalized spacial score (nSPS) is 9.69. The molecule has 1 rings (SSSR count). The summed E-state index contributed by atoms with van der Waals surface area (Å²) in [6.45, 7) is -0.168. The molecule has 1 aromatic carbocycles. The van der Waals surface area contributed by atoms with Crippen LogP contribution >= 0.6 is 22.6 Å². The van der Waals surface area contributed by atoms with Crippen molar-refractivity contribution in [3.63, 3.8) is 0 Å². The van der Waals surface area contributed by atoms with Crippen molar-refractivity contribution in [3.8, 4) is 0 Å². The van der Waals surface area contributed by atoms with E-state index in [0.29, 0.717) is 11.3 Å². The first-order valence-electron chi connectivity index (χ1n) is 3.59. The quantitative estimate of drug-likeness (QED) is 0.568. The molecule has 0 aliphatic carbocycles. The summed E-state index contributed by atoms with van der Waals surface area (Å²) in [5.41, 5.74) is 6.23. The maximum Gasteiger partial charge on any atom is 0.248 e. The number of carbonyl (C=O) groups excluding carboxylic acids is 1. The minimum Gasteiger partial charge on any atom is -0.377 e. The Morgan fingerprint density at radius 3 is 2.85 bits per heavy atom. The van der Waals surface area contributed by atoms with Crippen LogP contribution < -0.4 is 11.1 Å². The lowest BCUT2D eigenvalue weighted by Crippen LogP contribution is -2.12. The molecule has 0 spiro atoms. The highest BCUT2D eigenvalue weighted by molar-refractivity contribution is 14.1. The lowest BCUT2D eigenvalue weighted by Gasteiger charge is -2.06. The summed E-state index contributed by atoms with van der Waals surface area (Å²) in [4.78, 5) is 10.8. The molecule has 70 valence electrons. The van der Waals surface area contributed by atoms with Crippen LogP contribution in [-0.2, 0) is 0 Å². The summed E-state index contributed by atoms with van der Waals surface area (Å²) in [6, 6.07) is 5.02. The molecule has 0 unspecified atom stereocenters. The molecule has 0 aromatic heterocycles. The van der Waals surface area contributed by atoms with Crippen LogP contribution in [0.3, 0.4) is 0 Å². The van der Waals surface area contributed by atoms with Gasteiger partial charge in [-0.15, -0.1) is 0 Å². The molecule has 0 aliphatic heterocycles. The second-order valence-electron chi connectivity index (χ2n) is 2.39. The second kappa shape index (κ2) is 4.43. The van der Waals surface area contributed by atoms with Crippen molar-refractivity contribution >= 4 is 34.2 Å². The topological polar surface area (TPSA) is 75.4 Å². The predicted octanol–water partition coefficient (Wildman–Crippen LogP) is 0.752. The van der Waals surface area contributed by atoms with Crippen molar-refractivity contribution in [2.24, 2.45) is 5.73 Å². The van der Waals surface area contributed by atoms with Crippen LogP contribution in [-0.4, -0.2) is 17.7 Å². The fourth-order valence-corrected chi connectivity index (χ4v) is 1.43. The van der Waals surface area contributed by atoms with E-state index in [1.807, 2.05) is 0 Å². The molecule has 4 N–H and O–H groups in total. The minimum absolute atomic E-state index is 0.168. The fourth-order valence-electron chi connectivity index (χ4n) is 0.899. The Labute approximate surface area is 89.3 Å². The largest absolute Gasteiger partial charge is 0.377 e. The predicted molar refractivity (Wildman–Crippen MR) is 58.4 cm³/mol. The molecule has 0 heterocycles. The number of nitrogens with one attached hydrogen (secondary N) is 1. The number of primary amides is 1. The standard InChI is InChI=1S/C8H9IN2O2/c9-6-2-1-5(8(10)13)3-7(6)11-4-12/h1-3,11-12H,4H2,(H2,10,13). The molecule has 0 aliphatic rings. The van der Waals surface area contributed by atoms with E-state index < -0.39 is 5.91 Å². The van der Waals surface area contributed by atoms with Crippen molar-refractivity contribution in [2.75, 3.05) is 12.0 Å². The van der Waals surface area contributed by atoms with Crippen LogP contribution in [0.1, 0.15) is 10.4 Å². The summed E-state index contributed by atoms with van der Waals surface area (Å²) in [5.74, 6) is -0.475. The third-order valence-corrected chi connectivity index (χ3v) is 2.46. The van der Waals surface area contributed by atoms with Crippen LogP contribution in [0.15, 0.2) is 18.2 Å². The zero-order valence-electron chi connectivity index (χ0n) is 6.75. The Hall–Kier alpha value is -0.820. The molecule has 0 saturated carbocycles. The van der Waals surface area contributed by atoms with Crippen LogP contribution in [0.2, 0.25) is 0 Å². The van der Waals surface area contributed by atoms with E-state index in [9.17, 15) is 4.79 Å². The SMILES string of the molecule is NC(=O)c1ccc(I)c(NCO)c1. The molecule has 5 heteroatoms. The summed E-state index contributed by atoms with van der Waals surface area (Å²) in [6.07, 6.45) is 0. The molecule has 0 radical (unpaired) electrons. The highest BCUT2D eigenvalue weighted by atomic mass is 127. The lowest BCUT2D eigenvalue weighted by atomic mass is 10.2. The average Bonchev–Trinajstić information content (AvgIpc) is 2.08. The van der Waals surface area contributed by atoms with E-state index in [1.54, 1.807) is 18.2 Å². The minimum atomic E-state index is -0.475. The molecular weight excluding hydrogens is 283 g/mol. The van der Waals surface area contributed by atoms with E-state index in [2.05, 4.69) is 27.9 Å². The van der Waals surface area contributed by atoms with Gasteiger partial charge in [-0.2, -0.15) is 0 Å². The van der Waals surface area contributed by atoms with Gasteiger partial charge in [0.2, 0.25) is 5.91 Å². The molecule has 1 aromatic rings. The lowest BCUT2D eigenvalue weighted by molar-refractivity contribution is 0.100. The van der Waals surface area contributed by atoms with E-state index in [4.69, 9.17) is 10.8 Å². The smallest absolute Gasteiger partial charge is 0.248 e. The van der Waals surface area contributed by atoms with Gasteiger partial charge in [-0.1, -0.05) is 0 Å². The van der Waals surface area contributed by atoms with Gasteiger partial charge in [0.25, 0.3) is 0 Å². The van der Waals surface area contributed by atoms with Gasteiger partial charge in [0.1, 0.15) is 6.73 Å². The number of anilines is 1. The first kappa shape index (κ1) is 10.3. The molecule has 0 saturated heterocycles. The van der Waals surface area contributed by atoms with Crippen LogP contribution in [0.4, 0.5) is 5.69 Å². The second-order valence-corrected chi connectivity index (χ2v) is 3.56. The molecule has 1 amide bonds. The molecule has 0 fully saturated rings. The Bertz CT molecular complexity index is 328. The van der Waals surface area contributed by atoms with Crippen molar-refractivity contribution in [1.82, 2.24) is 0 Å². The van der Waals surface area contributed by atoms with Gasteiger partial charge in [0, 0.05) is 9.13 Å². The average molecular weight is 292 g/mol. The third-order valence-electron chi connectivity index (χ3n) is 1.52. The molecule has 4 nitrogen and oxygen atoms in total. The molecule has 0 atom stereocenters. The summed E-state index contributed by atoms with van der Waals surface area (Å²) in [7, 11) is 0. The van der Waals surface area contributed by atoms with Crippen LogP contribution in [0.5, 0.6) is 0 Å². The fraction of sp³-hybridized carbons (Fsp3) is 0.125. The van der Waals surface area contributed by atoms with E-state index in [1.165, 1.54) is 0 Å². The molecular formula is C8H9IN2O2. The first-order chi connectivity index (χ1) is 6.15. The van der Waals surface area contributed by atoms with Crippen LogP contribution in [0, 0.1) is 3.57 Å². The number of hydrogen-bond donors (Lipinski definition) is 3. The zero-order valence-corrected chi connectivity index (χ0v) is 8.91. The summed E-state index contributed by atoms with van der Waals surface area (Å²) < 4.78 is 0.927. The number of aliphatic hydroxyl groups is 1. The van der Waals surface area contributed by atoms with Crippen molar-refractivity contribution in [1.29, 1.82) is 0 Å². The molecule has 0 bridgehead atoms. The maximum atomic E-state index is 10.8. The van der Waals surface area contributed by atoms with Crippen molar-refractivity contribution in [3.05, 3.63) is 27.3 Å². The number of aliphatic hydroxyl groups excluding tert-OH is 1. The van der Waals surface area contributed by atoms with Crippen molar-refractivity contribution in [2.45, 2.75) is 0 Å². The van der Waals surface area contributed by atoms with E-state index in [0.717, 1.165) is 3.57 Å². The number of hydrogen-bond acceptors (Lipinski definition) is 3. The molecule has 13 heavy (non-hydrogen) atoms. The number of halogens is 1. The first-order valence-corrected chi connectivity index (χ1v) is 4.67. The highest BCUT2D eigenvalue weighted by Gasteiger charge is 2.04. The maximum absolute atomic E-state index is 10.8. The van der Waals surface area contributed by atoms with Gasteiger partial charge in [-0.25, -0.2) is 0 Å². The van der Waals surface area contributed by atoms with Crippen molar-refractivity contribution < 1.29 is 9.90 Å². The number of carbonyl (C=O) groups is 1. The van der Waals surface area contributed by atoms with Gasteiger partial charge in [-0.3, -0.25) is 4.79 Å². The Balaban J connectivity index is 3.03. The number of rotatable bonds is 3. The van der Waals surface area contributed by atoms with Gasteiger partial charge < -0.3 is 16.2 Å². The van der Waals surface area contributed by atoms with Gasteiger partial charge in [0.15, 0.2) is 0 Å². The monoisotopic (exact) mass is 292 g/mol.